The summed E-state index contributed by atoms with van der Waals surface area (Å²) in [5, 5.41) is 5.36. The van der Waals surface area contributed by atoms with Crippen LogP contribution in [-0.4, -0.2) is 30.5 Å². The van der Waals surface area contributed by atoms with E-state index in [-0.39, 0.29) is 11.6 Å². The highest BCUT2D eigenvalue weighted by Gasteiger charge is 2.12. The Kier molecular flexibility index (Phi) is 5.46. The number of aromatic nitrogens is 1. The van der Waals surface area contributed by atoms with Gasteiger partial charge in [-0.05, 0) is 24.3 Å². The topological polar surface area (TPSA) is 80.3 Å². The molecule has 2 rings (SSSR count). The van der Waals surface area contributed by atoms with Crippen molar-refractivity contribution in [1.29, 1.82) is 0 Å². The summed E-state index contributed by atoms with van der Waals surface area (Å²) in [7, 11) is 1.55. The molecule has 0 bridgehead atoms. The Morgan fingerprint density at radius 3 is 2.83 bits per heavy atom. The van der Waals surface area contributed by atoms with Crippen LogP contribution in [0.1, 0.15) is 20.8 Å². The fraction of sp³-hybridized carbons (Fsp3) is 0.118. The third-order valence-corrected chi connectivity index (χ3v) is 2.99. The van der Waals surface area contributed by atoms with Gasteiger partial charge < -0.3 is 15.4 Å². The minimum Gasteiger partial charge on any atom is -0.497 e. The predicted octanol–water partition coefficient (Wildman–Crippen LogP) is 2.26. The van der Waals surface area contributed by atoms with Crippen LogP contribution in [-0.2, 0) is 0 Å². The molecule has 2 amide bonds. The third kappa shape index (κ3) is 4.41. The Morgan fingerprint density at radius 1 is 1.26 bits per heavy atom. The van der Waals surface area contributed by atoms with E-state index in [4.69, 9.17) is 4.74 Å². The summed E-state index contributed by atoms with van der Waals surface area (Å²) in [4.78, 5) is 28.1. The number of carbonyl (C=O) groups is 2. The van der Waals surface area contributed by atoms with Gasteiger partial charge in [-0.1, -0.05) is 12.1 Å². The highest BCUT2D eigenvalue weighted by molar-refractivity contribution is 6.04. The molecule has 1 aromatic carbocycles. The maximum Gasteiger partial charge on any atom is 0.274 e. The molecule has 0 unspecified atom stereocenters. The molecular formula is C17H17N3O3. The first-order valence-corrected chi connectivity index (χ1v) is 6.94. The van der Waals surface area contributed by atoms with Crippen LogP contribution in [0.25, 0.3) is 0 Å². The number of nitrogens with one attached hydrogen (secondary N) is 2. The minimum absolute atomic E-state index is 0.152. The van der Waals surface area contributed by atoms with Crippen LogP contribution >= 0.6 is 0 Å². The number of pyridine rings is 1. The molecule has 0 fully saturated rings. The second-order valence-corrected chi connectivity index (χ2v) is 4.61. The van der Waals surface area contributed by atoms with Crippen molar-refractivity contribution >= 4 is 17.5 Å². The zero-order valence-corrected chi connectivity index (χ0v) is 12.7. The normalized spacial score (nSPS) is 9.78. The van der Waals surface area contributed by atoms with Crippen LogP contribution in [0.4, 0.5) is 5.69 Å². The van der Waals surface area contributed by atoms with Crippen molar-refractivity contribution in [3.8, 4) is 5.75 Å². The Morgan fingerprint density at radius 2 is 2.09 bits per heavy atom. The molecule has 0 aliphatic rings. The van der Waals surface area contributed by atoms with Gasteiger partial charge in [0.05, 0.1) is 7.11 Å². The summed E-state index contributed by atoms with van der Waals surface area (Å²) in [5.74, 6) is -0.0623. The van der Waals surface area contributed by atoms with Gasteiger partial charge in [0.25, 0.3) is 11.8 Å². The van der Waals surface area contributed by atoms with Gasteiger partial charge in [-0.25, -0.2) is 0 Å². The Bertz CT molecular complexity index is 729. The van der Waals surface area contributed by atoms with Crippen LogP contribution in [0.5, 0.6) is 5.75 Å². The summed E-state index contributed by atoms with van der Waals surface area (Å²) >= 11 is 0. The van der Waals surface area contributed by atoms with E-state index in [9.17, 15) is 9.59 Å². The number of rotatable bonds is 6. The lowest BCUT2D eigenvalue weighted by atomic mass is 10.2. The molecule has 6 heteroatoms. The summed E-state index contributed by atoms with van der Waals surface area (Å²) < 4.78 is 5.10. The average molecular weight is 311 g/mol. The number of nitrogens with zero attached hydrogens (tertiary/aromatic N) is 1. The molecule has 0 aliphatic heterocycles. The Balaban J connectivity index is 2.12. The molecular weight excluding hydrogens is 294 g/mol. The molecule has 0 saturated carbocycles. The van der Waals surface area contributed by atoms with Crippen LogP contribution < -0.4 is 15.4 Å². The number of benzene rings is 1. The molecule has 6 nitrogen and oxygen atoms in total. The second-order valence-electron chi connectivity index (χ2n) is 4.61. The second kappa shape index (κ2) is 7.74. The summed E-state index contributed by atoms with van der Waals surface area (Å²) in [6, 6.07) is 9.95. The van der Waals surface area contributed by atoms with Gasteiger partial charge in [0.1, 0.15) is 11.4 Å². The van der Waals surface area contributed by atoms with Gasteiger partial charge >= 0.3 is 0 Å². The first-order valence-electron chi connectivity index (χ1n) is 6.94. The lowest BCUT2D eigenvalue weighted by Crippen LogP contribution is -2.24. The molecule has 118 valence electrons. The zero-order chi connectivity index (χ0) is 16.7. The molecule has 0 saturated heterocycles. The molecule has 0 atom stereocenters. The predicted molar refractivity (Wildman–Crippen MR) is 87.7 cm³/mol. The highest BCUT2D eigenvalue weighted by Crippen LogP contribution is 2.17. The Labute approximate surface area is 134 Å². The van der Waals surface area contributed by atoms with Crippen LogP contribution in [0, 0.1) is 0 Å². The monoisotopic (exact) mass is 311 g/mol. The van der Waals surface area contributed by atoms with E-state index in [1.807, 2.05) is 0 Å². The van der Waals surface area contributed by atoms with Crippen molar-refractivity contribution in [2.24, 2.45) is 0 Å². The molecule has 1 heterocycles. The molecule has 2 aromatic rings. The van der Waals surface area contributed by atoms with Gasteiger partial charge in [-0.2, -0.15) is 0 Å². The molecule has 23 heavy (non-hydrogen) atoms. The minimum atomic E-state index is -0.406. The van der Waals surface area contributed by atoms with Crippen LogP contribution in [0.15, 0.2) is 55.3 Å². The standard InChI is InChI=1S/C17H17N3O3/c1-3-8-19-16(21)12-7-9-18-15(10-12)17(22)20-13-5-4-6-14(11-13)23-2/h3-7,9-11H,1,8H2,2H3,(H,19,21)(H,20,22). The largest absolute Gasteiger partial charge is 0.497 e. The number of amides is 2. The van der Waals surface area contributed by atoms with Gasteiger partial charge in [0, 0.05) is 30.1 Å². The lowest BCUT2D eigenvalue weighted by molar-refractivity contribution is 0.0958. The number of methoxy groups -OCH3 is 1. The van der Waals surface area contributed by atoms with E-state index < -0.39 is 5.91 Å². The number of hydrogen-bond donors (Lipinski definition) is 2. The van der Waals surface area contributed by atoms with E-state index in [2.05, 4.69) is 22.2 Å². The fourth-order valence-corrected chi connectivity index (χ4v) is 1.86. The fourth-order valence-electron chi connectivity index (χ4n) is 1.86. The van der Waals surface area contributed by atoms with Gasteiger partial charge in [0.15, 0.2) is 0 Å². The molecule has 0 spiro atoms. The smallest absolute Gasteiger partial charge is 0.274 e. The summed E-state index contributed by atoms with van der Waals surface area (Å²) in [6.07, 6.45) is 3.00. The Hall–Kier alpha value is -3.15. The zero-order valence-electron chi connectivity index (χ0n) is 12.7. The van der Waals surface area contributed by atoms with E-state index in [1.54, 1.807) is 43.5 Å². The maximum atomic E-state index is 12.2. The van der Waals surface area contributed by atoms with Crippen molar-refractivity contribution in [1.82, 2.24) is 10.3 Å². The van der Waals surface area contributed by atoms with E-state index in [0.29, 0.717) is 23.5 Å². The van der Waals surface area contributed by atoms with Crippen LogP contribution in [0.2, 0.25) is 0 Å². The van der Waals surface area contributed by atoms with Crippen molar-refractivity contribution in [2.45, 2.75) is 0 Å². The quantitative estimate of drug-likeness (QED) is 0.802. The van der Waals surface area contributed by atoms with Crippen molar-refractivity contribution in [2.75, 3.05) is 19.0 Å². The molecule has 0 aliphatic carbocycles. The number of ether oxygens (including phenoxy) is 1. The van der Waals surface area contributed by atoms with Crippen molar-refractivity contribution in [3.63, 3.8) is 0 Å². The SMILES string of the molecule is C=CCNC(=O)c1ccnc(C(=O)Nc2cccc(OC)c2)c1. The maximum absolute atomic E-state index is 12.2. The van der Waals surface area contributed by atoms with Gasteiger partial charge in [0.2, 0.25) is 0 Å². The number of anilines is 1. The first-order chi connectivity index (χ1) is 11.1. The highest BCUT2D eigenvalue weighted by atomic mass is 16.5. The average Bonchev–Trinajstić information content (AvgIpc) is 2.59. The van der Waals surface area contributed by atoms with E-state index >= 15 is 0 Å². The van der Waals surface area contributed by atoms with Gasteiger partial charge in [-0.15, -0.1) is 6.58 Å². The van der Waals surface area contributed by atoms with E-state index in [0.717, 1.165) is 0 Å². The van der Waals surface area contributed by atoms with E-state index in [1.165, 1.54) is 12.3 Å². The van der Waals surface area contributed by atoms with Crippen LogP contribution in [0.3, 0.4) is 0 Å². The first kappa shape index (κ1) is 16.2. The molecule has 0 radical (unpaired) electrons. The molecule has 2 N–H and O–H groups in total. The molecule has 1 aromatic heterocycles. The number of carbonyl (C=O) groups excluding carboxylic acids is 2. The summed E-state index contributed by atoms with van der Waals surface area (Å²) in [6.45, 7) is 3.89. The van der Waals surface area contributed by atoms with Gasteiger partial charge in [-0.3, -0.25) is 14.6 Å². The third-order valence-electron chi connectivity index (χ3n) is 2.99. The summed E-state index contributed by atoms with van der Waals surface area (Å²) in [5.41, 5.74) is 1.09. The van der Waals surface area contributed by atoms with Crippen molar-refractivity contribution < 1.29 is 14.3 Å². The van der Waals surface area contributed by atoms with Crippen molar-refractivity contribution in [3.05, 3.63) is 66.5 Å². The lowest BCUT2D eigenvalue weighted by Gasteiger charge is -2.07. The number of hydrogen-bond acceptors (Lipinski definition) is 4.